The molecule has 1 N–H and O–H groups in total. The third-order valence-electron chi connectivity index (χ3n) is 7.40. The molecule has 5 bridgehead atoms. The third-order valence-corrected chi connectivity index (χ3v) is 7.40. The summed E-state index contributed by atoms with van der Waals surface area (Å²) in [5, 5.41) is 3.34. The molecule has 20 heavy (non-hydrogen) atoms. The van der Waals surface area contributed by atoms with Gasteiger partial charge in [-0.2, -0.15) is 0 Å². The van der Waals surface area contributed by atoms with E-state index >= 15 is 0 Å². The second-order valence-corrected chi connectivity index (χ2v) is 8.26. The number of nitrogens with one attached hydrogen (secondary N) is 1. The molecule has 0 aromatic heterocycles. The molecule has 2 saturated carbocycles. The molecular weight excluding hydrogens is 248 g/mol. The highest BCUT2D eigenvalue weighted by atomic mass is 16.1. The minimum absolute atomic E-state index is 0.266. The van der Waals surface area contributed by atoms with Crippen LogP contribution >= 0.6 is 0 Å². The van der Waals surface area contributed by atoms with Gasteiger partial charge in [-0.1, -0.05) is 6.92 Å². The van der Waals surface area contributed by atoms with Crippen molar-refractivity contribution in [1.82, 2.24) is 10.2 Å². The van der Waals surface area contributed by atoms with Gasteiger partial charge in [0, 0.05) is 35.5 Å². The third kappa shape index (κ3) is 1.09. The number of rotatable bonds is 0. The number of amides is 1. The van der Waals surface area contributed by atoms with E-state index in [0.29, 0.717) is 11.0 Å². The predicted octanol–water partition coefficient (Wildman–Crippen LogP) is 2.29. The van der Waals surface area contributed by atoms with Crippen LogP contribution in [-0.4, -0.2) is 29.9 Å². The fraction of sp³-hybridized carbons (Fsp3) is 0.824. The van der Waals surface area contributed by atoms with Gasteiger partial charge >= 0.3 is 0 Å². The first kappa shape index (κ1) is 11.8. The molecule has 1 amide bonds. The summed E-state index contributed by atoms with van der Waals surface area (Å²) < 4.78 is 0. The van der Waals surface area contributed by atoms with Crippen molar-refractivity contribution in [3.8, 4) is 0 Å². The number of piperidine rings is 3. The van der Waals surface area contributed by atoms with E-state index in [1.165, 1.54) is 37.9 Å². The minimum atomic E-state index is 0.266. The van der Waals surface area contributed by atoms with Gasteiger partial charge in [-0.15, -0.1) is 0 Å². The van der Waals surface area contributed by atoms with E-state index in [9.17, 15) is 4.79 Å². The molecule has 7 rings (SSSR count). The molecule has 7 aliphatic rings. The minimum Gasteiger partial charge on any atom is -0.329 e. The normalized spacial score (nSPS) is 53.1. The number of hydrogen-bond acceptors (Lipinski definition) is 2. The molecule has 108 valence electrons. The monoisotopic (exact) mass is 272 g/mol. The maximum Gasteiger partial charge on any atom is 0.224 e. The summed E-state index contributed by atoms with van der Waals surface area (Å²) in [6.45, 7) is 3.65. The summed E-state index contributed by atoms with van der Waals surface area (Å²) in [7, 11) is 2.36. The molecule has 4 aliphatic carbocycles. The smallest absolute Gasteiger partial charge is 0.224 e. The Labute approximate surface area is 120 Å². The maximum absolute atomic E-state index is 11.9. The molecule has 0 aromatic carbocycles. The summed E-state index contributed by atoms with van der Waals surface area (Å²) in [5.41, 5.74) is 3.81. The Morgan fingerprint density at radius 2 is 2.25 bits per heavy atom. The predicted molar refractivity (Wildman–Crippen MR) is 76.8 cm³/mol. The molecule has 2 spiro atoms. The second-order valence-electron chi connectivity index (χ2n) is 8.26. The van der Waals surface area contributed by atoms with Crippen molar-refractivity contribution in [2.75, 3.05) is 13.6 Å². The Bertz CT molecular complexity index is 553. The van der Waals surface area contributed by atoms with Gasteiger partial charge in [-0.25, -0.2) is 0 Å². The van der Waals surface area contributed by atoms with Gasteiger partial charge in [-0.05, 0) is 56.6 Å². The van der Waals surface area contributed by atoms with Crippen molar-refractivity contribution in [1.29, 1.82) is 0 Å². The standard InChI is InChI=1S/C17H24N2O/c1-10-5-12-13-6-11-8-19(2)17(13,7-10)9-16(11)4-3-14(20)18-15(12)16/h10-11,13H,3-9H2,1-2H3,(H,18,20)/t10-,11-,13+,16-,17-/m1/s1. The fourth-order valence-corrected chi connectivity index (χ4v) is 6.79. The lowest BCUT2D eigenvalue weighted by Crippen LogP contribution is -2.74. The van der Waals surface area contributed by atoms with Crippen LogP contribution in [0.1, 0.15) is 45.4 Å². The molecule has 3 saturated heterocycles. The van der Waals surface area contributed by atoms with Crippen LogP contribution in [0, 0.1) is 23.2 Å². The number of hydrogen-bond donors (Lipinski definition) is 1. The van der Waals surface area contributed by atoms with Gasteiger partial charge in [0.05, 0.1) is 0 Å². The zero-order valence-electron chi connectivity index (χ0n) is 12.5. The van der Waals surface area contributed by atoms with Crippen molar-refractivity contribution in [3.05, 3.63) is 11.3 Å². The average molecular weight is 272 g/mol. The number of allylic oxidation sites excluding steroid dienone is 1. The van der Waals surface area contributed by atoms with Gasteiger partial charge in [0.1, 0.15) is 0 Å². The van der Waals surface area contributed by atoms with Gasteiger partial charge < -0.3 is 5.32 Å². The Kier molecular flexibility index (Phi) is 1.96. The summed E-state index contributed by atoms with van der Waals surface area (Å²) in [5.74, 6) is 2.55. The van der Waals surface area contributed by atoms with E-state index in [-0.39, 0.29) is 5.91 Å². The van der Waals surface area contributed by atoms with E-state index < -0.39 is 0 Å². The van der Waals surface area contributed by atoms with Crippen LogP contribution in [0.2, 0.25) is 0 Å². The van der Waals surface area contributed by atoms with E-state index in [0.717, 1.165) is 30.6 Å². The zero-order valence-corrected chi connectivity index (χ0v) is 12.5. The Balaban J connectivity index is 1.76. The lowest BCUT2D eigenvalue weighted by molar-refractivity contribution is -0.166. The molecular formula is C17H24N2O. The Hall–Kier alpha value is -0.830. The molecule has 0 unspecified atom stereocenters. The molecule has 5 atom stereocenters. The highest BCUT2D eigenvalue weighted by Gasteiger charge is 2.68. The molecule has 5 fully saturated rings. The number of fused-ring (bicyclic) bond motifs is 1. The van der Waals surface area contributed by atoms with Gasteiger partial charge in [0.25, 0.3) is 0 Å². The lowest BCUT2D eigenvalue weighted by Gasteiger charge is -2.72. The van der Waals surface area contributed by atoms with E-state index in [1.807, 2.05) is 0 Å². The summed E-state index contributed by atoms with van der Waals surface area (Å²) in [6.07, 6.45) is 7.16. The number of carbonyl (C=O) groups is 1. The zero-order chi connectivity index (χ0) is 13.7. The largest absolute Gasteiger partial charge is 0.329 e. The van der Waals surface area contributed by atoms with Crippen LogP contribution in [-0.2, 0) is 4.79 Å². The second kappa shape index (κ2) is 3.32. The maximum atomic E-state index is 11.9. The van der Waals surface area contributed by atoms with Crippen LogP contribution in [0.5, 0.6) is 0 Å². The van der Waals surface area contributed by atoms with Crippen LogP contribution in [0.4, 0.5) is 0 Å². The average Bonchev–Trinajstić information content (AvgIpc) is 2.40. The van der Waals surface area contributed by atoms with Crippen LogP contribution in [0.15, 0.2) is 11.3 Å². The van der Waals surface area contributed by atoms with E-state index in [2.05, 4.69) is 24.2 Å². The van der Waals surface area contributed by atoms with Crippen molar-refractivity contribution in [2.45, 2.75) is 51.0 Å². The molecule has 3 heterocycles. The SMILES string of the molecule is C[C@@H]1CC2=C3NC(=O)CC[C@]34C[C@]3(C1)[C@H]2C[C@@H]4CN3C. The Morgan fingerprint density at radius 1 is 1.40 bits per heavy atom. The van der Waals surface area contributed by atoms with Crippen molar-refractivity contribution < 1.29 is 4.79 Å². The quantitative estimate of drug-likeness (QED) is 0.734. The first-order chi connectivity index (χ1) is 9.55. The van der Waals surface area contributed by atoms with Crippen molar-refractivity contribution in [2.24, 2.45) is 23.2 Å². The summed E-state index contributed by atoms with van der Waals surface area (Å²) in [4.78, 5) is 14.6. The highest BCUT2D eigenvalue weighted by molar-refractivity contribution is 5.80. The van der Waals surface area contributed by atoms with Crippen LogP contribution in [0.3, 0.4) is 0 Å². The molecule has 3 heteroatoms. The van der Waals surface area contributed by atoms with Gasteiger partial charge in [0.2, 0.25) is 5.91 Å². The van der Waals surface area contributed by atoms with E-state index in [4.69, 9.17) is 0 Å². The van der Waals surface area contributed by atoms with Crippen LogP contribution in [0.25, 0.3) is 0 Å². The van der Waals surface area contributed by atoms with Gasteiger partial charge in [0.15, 0.2) is 0 Å². The van der Waals surface area contributed by atoms with Crippen molar-refractivity contribution in [3.63, 3.8) is 0 Å². The van der Waals surface area contributed by atoms with E-state index in [1.54, 1.807) is 5.57 Å². The highest BCUT2D eigenvalue weighted by Crippen LogP contribution is 2.70. The molecule has 0 aromatic rings. The summed E-state index contributed by atoms with van der Waals surface area (Å²) in [6, 6.07) is 0. The Morgan fingerprint density at radius 3 is 3.10 bits per heavy atom. The first-order valence-corrected chi connectivity index (χ1v) is 8.30. The summed E-state index contributed by atoms with van der Waals surface area (Å²) >= 11 is 0. The topological polar surface area (TPSA) is 32.3 Å². The van der Waals surface area contributed by atoms with Crippen LogP contribution < -0.4 is 5.32 Å². The molecule has 3 aliphatic heterocycles. The fourth-order valence-electron chi connectivity index (χ4n) is 6.79. The first-order valence-electron chi connectivity index (χ1n) is 8.30. The lowest BCUT2D eigenvalue weighted by atomic mass is 9.40. The number of carbonyl (C=O) groups excluding carboxylic acids is 1. The molecule has 0 radical (unpaired) electrons. The van der Waals surface area contributed by atoms with Gasteiger partial charge in [-0.3, -0.25) is 9.69 Å². The van der Waals surface area contributed by atoms with Crippen molar-refractivity contribution >= 4 is 5.91 Å². The molecule has 3 nitrogen and oxygen atoms in total. The number of nitrogens with zero attached hydrogens (tertiary/aromatic N) is 1.